The monoisotopic (exact) mass is 461 g/mol. The smallest absolute Gasteiger partial charge is 0.266 e. The van der Waals surface area contributed by atoms with Gasteiger partial charge in [0.05, 0.1) is 6.61 Å². The zero-order valence-electron chi connectivity index (χ0n) is 19.4. The molecule has 0 radical (unpaired) electrons. The van der Waals surface area contributed by atoms with Crippen LogP contribution in [0.1, 0.15) is 36.6 Å². The number of halogens is 1. The second-order valence-electron chi connectivity index (χ2n) is 8.92. The average Bonchev–Trinajstić information content (AvgIpc) is 3.53. The summed E-state index contributed by atoms with van der Waals surface area (Å²) in [6.07, 6.45) is 5.82. The van der Waals surface area contributed by atoms with E-state index in [2.05, 4.69) is 9.55 Å². The molecule has 7 nitrogen and oxygen atoms in total. The maximum Gasteiger partial charge on any atom is 0.266 e. The number of likely N-dealkylation sites (N-methyl/N-ethyl adjacent to an activating group) is 1. The summed E-state index contributed by atoms with van der Waals surface area (Å²) in [6.45, 7) is 3.88. The van der Waals surface area contributed by atoms with Gasteiger partial charge in [-0.25, -0.2) is 9.98 Å². The van der Waals surface area contributed by atoms with Gasteiger partial charge in [-0.15, -0.1) is 0 Å². The second-order valence-corrected chi connectivity index (χ2v) is 8.92. The minimum atomic E-state index is -1.36. The van der Waals surface area contributed by atoms with Crippen LogP contribution in [0.2, 0.25) is 0 Å². The summed E-state index contributed by atoms with van der Waals surface area (Å²) in [7, 11) is 1.62. The number of carbonyl (C=O) groups is 1. The van der Waals surface area contributed by atoms with Crippen LogP contribution in [0.15, 0.2) is 59.9 Å². The van der Waals surface area contributed by atoms with E-state index in [0.717, 1.165) is 17.8 Å². The van der Waals surface area contributed by atoms with Gasteiger partial charge in [-0.05, 0) is 61.1 Å². The van der Waals surface area contributed by atoms with Crippen molar-refractivity contribution >= 4 is 11.9 Å². The number of carbonyl (C=O) groups excluding carboxylic acids is 1. The molecule has 34 heavy (non-hydrogen) atoms. The summed E-state index contributed by atoms with van der Waals surface area (Å²) in [6, 6.07) is 12.6. The average molecular weight is 462 g/mol. The summed E-state index contributed by atoms with van der Waals surface area (Å²) >= 11 is 0. The quantitative estimate of drug-likeness (QED) is 0.519. The standard InChI is InChI=1S/C26H28FN5O2/c1-3-34-16-21-13-20(15-32(21)14-17-9-10-17)26(24(33)31(2)25(28)30-26)19-7-4-6-18(12-19)22-8-5-11-29-23(22)27/h4-8,11-13,15,17H,3,9-10,14,16H2,1-2H3,(H2,28,30). The Bertz CT molecular complexity index is 1270. The number of ether oxygens (including phenoxy) is 1. The molecule has 2 aromatic heterocycles. The summed E-state index contributed by atoms with van der Waals surface area (Å²) in [4.78, 5) is 23.6. The first kappa shape index (κ1) is 22.3. The van der Waals surface area contributed by atoms with Crippen LogP contribution in [0.4, 0.5) is 4.39 Å². The lowest BCUT2D eigenvalue weighted by molar-refractivity contribution is -0.129. The molecule has 1 unspecified atom stereocenters. The molecule has 3 heterocycles. The van der Waals surface area contributed by atoms with Gasteiger partial charge in [0.2, 0.25) is 5.95 Å². The fourth-order valence-corrected chi connectivity index (χ4v) is 4.53. The number of nitrogens with two attached hydrogens (primary N) is 1. The largest absolute Gasteiger partial charge is 0.376 e. The van der Waals surface area contributed by atoms with E-state index in [1.54, 1.807) is 37.4 Å². The van der Waals surface area contributed by atoms with Crippen LogP contribution in [0.3, 0.4) is 0 Å². The summed E-state index contributed by atoms with van der Waals surface area (Å²) in [5, 5.41) is 0. The summed E-state index contributed by atoms with van der Waals surface area (Å²) < 4.78 is 22.3. The molecule has 2 aliphatic rings. The molecule has 0 spiro atoms. The fraction of sp³-hybridized carbons (Fsp3) is 0.346. The molecule has 3 aromatic rings. The van der Waals surface area contributed by atoms with Crippen LogP contribution in [0, 0.1) is 11.9 Å². The SMILES string of the molecule is CCOCc1cc(C2(c3cccc(-c4cccnc4F)c3)N=C(N)N(C)C2=O)cn1CC1CC1. The molecule has 1 fully saturated rings. The molecule has 0 bridgehead atoms. The number of aromatic nitrogens is 2. The first-order chi connectivity index (χ1) is 16.4. The summed E-state index contributed by atoms with van der Waals surface area (Å²) in [5.41, 5.74) is 8.12. The molecule has 1 aliphatic carbocycles. The number of nitrogens with zero attached hydrogens (tertiary/aromatic N) is 4. The van der Waals surface area contributed by atoms with E-state index in [1.165, 1.54) is 23.9 Å². The van der Waals surface area contributed by atoms with Gasteiger partial charge in [0, 0.05) is 49.4 Å². The fourth-order valence-electron chi connectivity index (χ4n) is 4.53. The normalized spacial score (nSPS) is 20.1. The van der Waals surface area contributed by atoms with Crippen LogP contribution in [-0.2, 0) is 28.2 Å². The van der Waals surface area contributed by atoms with Crippen LogP contribution in [0.5, 0.6) is 0 Å². The van der Waals surface area contributed by atoms with Crippen LogP contribution >= 0.6 is 0 Å². The van der Waals surface area contributed by atoms with Gasteiger partial charge in [-0.2, -0.15) is 4.39 Å². The van der Waals surface area contributed by atoms with E-state index >= 15 is 0 Å². The lowest BCUT2D eigenvalue weighted by atomic mass is 9.83. The third-order valence-corrected chi connectivity index (χ3v) is 6.60. The predicted molar refractivity (Wildman–Crippen MR) is 127 cm³/mol. The van der Waals surface area contributed by atoms with E-state index in [0.29, 0.717) is 35.8 Å². The van der Waals surface area contributed by atoms with Crippen molar-refractivity contribution in [2.24, 2.45) is 16.6 Å². The molecular weight excluding hydrogens is 433 g/mol. The lowest BCUT2D eigenvalue weighted by Gasteiger charge is -2.25. The van der Waals surface area contributed by atoms with E-state index in [4.69, 9.17) is 15.5 Å². The maximum atomic E-state index is 14.5. The van der Waals surface area contributed by atoms with Gasteiger partial charge in [0.25, 0.3) is 5.91 Å². The number of benzene rings is 1. The zero-order chi connectivity index (χ0) is 23.9. The number of guanidine groups is 1. The molecule has 1 aliphatic heterocycles. The van der Waals surface area contributed by atoms with Gasteiger partial charge in [-0.3, -0.25) is 9.69 Å². The third-order valence-electron chi connectivity index (χ3n) is 6.60. The van der Waals surface area contributed by atoms with Gasteiger partial charge in [-0.1, -0.05) is 18.2 Å². The topological polar surface area (TPSA) is 85.7 Å². The van der Waals surface area contributed by atoms with E-state index in [1.807, 2.05) is 25.3 Å². The minimum Gasteiger partial charge on any atom is -0.376 e. The van der Waals surface area contributed by atoms with Crippen molar-refractivity contribution in [3.63, 3.8) is 0 Å². The highest BCUT2D eigenvalue weighted by atomic mass is 19.1. The van der Waals surface area contributed by atoms with Crippen molar-refractivity contribution < 1.29 is 13.9 Å². The Balaban J connectivity index is 1.66. The van der Waals surface area contributed by atoms with Crippen molar-refractivity contribution in [2.45, 2.75) is 38.5 Å². The highest BCUT2D eigenvalue weighted by Crippen LogP contribution is 2.42. The van der Waals surface area contributed by atoms with Crippen molar-refractivity contribution in [1.29, 1.82) is 0 Å². The van der Waals surface area contributed by atoms with E-state index < -0.39 is 11.5 Å². The molecule has 8 heteroatoms. The van der Waals surface area contributed by atoms with E-state index in [-0.39, 0.29) is 11.9 Å². The molecule has 1 amide bonds. The predicted octanol–water partition coefficient (Wildman–Crippen LogP) is 3.67. The first-order valence-electron chi connectivity index (χ1n) is 11.6. The number of hydrogen-bond acceptors (Lipinski definition) is 5. The Hall–Kier alpha value is -3.52. The summed E-state index contributed by atoms with van der Waals surface area (Å²) in [5.74, 6) is -0.0326. The van der Waals surface area contributed by atoms with E-state index in [9.17, 15) is 9.18 Å². The molecule has 1 aromatic carbocycles. The molecule has 176 valence electrons. The molecule has 1 saturated carbocycles. The zero-order valence-corrected chi connectivity index (χ0v) is 19.4. The molecule has 5 rings (SSSR count). The highest BCUT2D eigenvalue weighted by molar-refractivity contribution is 6.09. The second kappa shape index (κ2) is 8.68. The number of hydrogen-bond donors (Lipinski definition) is 1. The van der Waals surface area contributed by atoms with Gasteiger partial charge in [0.15, 0.2) is 11.5 Å². The Morgan fingerprint density at radius 3 is 2.71 bits per heavy atom. The minimum absolute atomic E-state index is 0.143. The maximum absolute atomic E-state index is 14.5. The van der Waals surface area contributed by atoms with Crippen LogP contribution in [0.25, 0.3) is 11.1 Å². The molecule has 1 atom stereocenters. The third kappa shape index (κ3) is 3.77. The van der Waals surface area contributed by atoms with Crippen molar-refractivity contribution in [3.05, 3.63) is 77.6 Å². The Morgan fingerprint density at radius 2 is 2.03 bits per heavy atom. The number of rotatable bonds is 8. The first-order valence-corrected chi connectivity index (χ1v) is 11.6. The number of amides is 1. The number of pyridine rings is 1. The molecule has 0 saturated heterocycles. The van der Waals surface area contributed by atoms with Gasteiger partial charge < -0.3 is 15.0 Å². The number of aliphatic imine (C=N–C) groups is 1. The lowest BCUT2D eigenvalue weighted by Crippen LogP contribution is -2.41. The van der Waals surface area contributed by atoms with Crippen LogP contribution < -0.4 is 5.73 Å². The van der Waals surface area contributed by atoms with Gasteiger partial charge >= 0.3 is 0 Å². The Labute approximate surface area is 198 Å². The van der Waals surface area contributed by atoms with Crippen molar-refractivity contribution in [3.8, 4) is 11.1 Å². The van der Waals surface area contributed by atoms with Crippen LogP contribution in [-0.4, -0.2) is 40.0 Å². The van der Waals surface area contributed by atoms with Crippen molar-refractivity contribution in [2.75, 3.05) is 13.7 Å². The Kier molecular flexibility index (Phi) is 5.69. The van der Waals surface area contributed by atoms with Crippen molar-refractivity contribution in [1.82, 2.24) is 14.5 Å². The molecular formula is C26H28FN5O2. The molecule has 2 N–H and O–H groups in total. The Morgan fingerprint density at radius 1 is 1.21 bits per heavy atom. The highest BCUT2D eigenvalue weighted by Gasteiger charge is 2.50. The van der Waals surface area contributed by atoms with Gasteiger partial charge in [0.1, 0.15) is 0 Å².